The predicted molar refractivity (Wildman–Crippen MR) is 106 cm³/mol. The highest BCUT2D eigenvalue weighted by Gasteiger charge is 2.14. The van der Waals surface area contributed by atoms with E-state index < -0.39 is 0 Å². The summed E-state index contributed by atoms with van der Waals surface area (Å²) in [5.74, 6) is 1.20. The van der Waals surface area contributed by atoms with E-state index in [9.17, 15) is 5.11 Å². The van der Waals surface area contributed by atoms with Crippen molar-refractivity contribution in [2.45, 2.75) is 46.4 Å². The van der Waals surface area contributed by atoms with Crippen molar-refractivity contribution in [1.82, 2.24) is 5.32 Å². The average molecular weight is 378 g/mol. The second kappa shape index (κ2) is 10.4. The summed E-state index contributed by atoms with van der Waals surface area (Å²) in [6, 6.07) is 12.1. The topological polar surface area (TPSA) is 50.7 Å². The number of nitrogens with one attached hydrogen (secondary N) is 1. The Balaban J connectivity index is 2.14. The fourth-order valence-corrected chi connectivity index (χ4v) is 2.97. The maximum absolute atomic E-state index is 9.31. The molecule has 0 fully saturated rings. The minimum absolute atomic E-state index is 0.0709. The number of halogens is 1. The summed E-state index contributed by atoms with van der Waals surface area (Å²) in [7, 11) is 0. The molecule has 2 aromatic carbocycles. The molecule has 0 aliphatic rings. The number of benzene rings is 2. The molecular weight excluding hydrogens is 350 g/mol. The van der Waals surface area contributed by atoms with E-state index in [1.165, 1.54) is 5.56 Å². The van der Waals surface area contributed by atoms with E-state index in [4.69, 9.17) is 21.1 Å². The lowest BCUT2D eigenvalue weighted by molar-refractivity contribution is 0.238. The second-order valence-electron chi connectivity index (χ2n) is 6.28. The fourth-order valence-electron chi connectivity index (χ4n) is 2.68. The molecular formula is C21H28ClNO3. The van der Waals surface area contributed by atoms with Crippen molar-refractivity contribution in [2.75, 3.05) is 13.2 Å². The van der Waals surface area contributed by atoms with Crippen molar-refractivity contribution in [3.63, 3.8) is 0 Å². The minimum atomic E-state index is 0.0709. The van der Waals surface area contributed by atoms with E-state index in [1.54, 1.807) is 0 Å². The van der Waals surface area contributed by atoms with Crippen molar-refractivity contribution in [1.29, 1.82) is 0 Å². The van der Waals surface area contributed by atoms with Crippen molar-refractivity contribution in [2.24, 2.45) is 0 Å². The van der Waals surface area contributed by atoms with Gasteiger partial charge < -0.3 is 19.9 Å². The van der Waals surface area contributed by atoms with Gasteiger partial charge in [-0.2, -0.15) is 0 Å². The Labute approximate surface area is 161 Å². The Morgan fingerprint density at radius 3 is 2.58 bits per heavy atom. The molecule has 2 rings (SSSR count). The Morgan fingerprint density at radius 2 is 1.92 bits per heavy atom. The molecule has 1 unspecified atom stereocenters. The first-order valence-electron chi connectivity index (χ1n) is 9.05. The van der Waals surface area contributed by atoms with Crippen LogP contribution >= 0.6 is 11.6 Å². The zero-order valence-corrected chi connectivity index (χ0v) is 16.5. The van der Waals surface area contributed by atoms with E-state index in [0.29, 0.717) is 36.3 Å². The zero-order valence-electron chi connectivity index (χ0n) is 15.7. The first-order valence-corrected chi connectivity index (χ1v) is 9.42. The number of hydrogen-bond acceptors (Lipinski definition) is 4. The third kappa shape index (κ3) is 5.90. The molecule has 1 atom stereocenters. The summed E-state index contributed by atoms with van der Waals surface area (Å²) in [6.07, 6.45) is 0.861. The van der Waals surface area contributed by atoms with Crippen LogP contribution in [-0.2, 0) is 13.2 Å². The van der Waals surface area contributed by atoms with Gasteiger partial charge in [0.05, 0.1) is 18.2 Å². The Morgan fingerprint density at radius 1 is 1.12 bits per heavy atom. The van der Waals surface area contributed by atoms with Gasteiger partial charge in [-0.15, -0.1) is 0 Å². The fraction of sp³-hybridized carbons (Fsp3) is 0.429. The second-order valence-corrected chi connectivity index (χ2v) is 6.69. The quantitative estimate of drug-likeness (QED) is 0.640. The third-order valence-electron chi connectivity index (χ3n) is 4.14. The summed E-state index contributed by atoms with van der Waals surface area (Å²) >= 11 is 6.47. The van der Waals surface area contributed by atoms with Crippen LogP contribution < -0.4 is 14.8 Å². The van der Waals surface area contributed by atoms with Gasteiger partial charge in [0, 0.05) is 12.6 Å². The number of aryl methyl sites for hydroxylation is 1. The molecule has 0 amide bonds. The van der Waals surface area contributed by atoms with Crippen LogP contribution in [0.5, 0.6) is 11.5 Å². The summed E-state index contributed by atoms with van der Waals surface area (Å²) in [5.41, 5.74) is 3.27. The molecule has 0 radical (unpaired) electrons. The summed E-state index contributed by atoms with van der Waals surface area (Å²) in [4.78, 5) is 0. The van der Waals surface area contributed by atoms with Crippen molar-refractivity contribution in [3.05, 3.63) is 58.1 Å². The normalized spacial score (nSPS) is 12.0. The van der Waals surface area contributed by atoms with Crippen molar-refractivity contribution < 1.29 is 14.6 Å². The van der Waals surface area contributed by atoms with Gasteiger partial charge in [0.2, 0.25) is 0 Å². The predicted octanol–water partition coefficient (Wildman–Crippen LogP) is 4.49. The first-order chi connectivity index (χ1) is 12.6. The van der Waals surface area contributed by atoms with Crippen LogP contribution in [0.2, 0.25) is 5.02 Å². The molecule has 142 valence electrons. The number of aliphatic hydroxyl groups excluding tert-OH is 1. The molecule has 0 saturated heterocycles. The summed E-state index contributed by atoms with van der Waals surface area (Å²) in [6.45, 7) is 7.71. The van der Waals surface area contributed by atoms with E-state index in [0.717, 1.165) is 17.5 Å². The Hall–Kier alpha value is -1.75. The standard InChI is InChI=1S/C21H28ClNO3/c1-4-18(13-24)23-12-17-10-19(22)21(20(11-17)25-5-2)26-14-16-8-6-7-15(3)9-16/h6-11,18,23-24H,4-5,12-14H2,1-3H3. The molecule has 4 nitrogen and oxygen atoms in total. The van der Waals surface area contributed by atoms with Crippen LogP contribution in [0.4, 0.5) is 0 Å². The highest BCUT2D eigenvalue weighted by Crippen LogP contribution is 2.37. The van der Waals surface area contributed by atoms with Gasteiger partial charge >= 0.3 is 0 Å². The lowest BCUT2D eigenvalue weighted by atomic mass is 10.1. The Kier molecular flexibility index (Phi) is 8.23. The van der Waals surface area contributed by atoms with Crippen LogP contribution in [0.15, 0.2) is 36.4 Å². The number of rotatable bonds is 10. The van der Waals surface area contributed by atoms with Crippen LogP contribution in [-0.4, -0.2) is 24.4 Å². The summed E-state index contributed by atoms with van der Waals surface area (Å²) in [5, 5.41) is 13.1. The highest BCUT2D eigenvalue weighted by molar-refractivity contribution is 6.32. The van der Waals surface area contributed by atoms with Gasteiger partial charge in [-0.3, -0.25) is 0 Å². The molecule has 0 aliphatic heterocycles. The van der Waals surface area contributed by atoms with Crippen LogP contribution in [0.1, 0.15) is 37.0 Å². The molecule has 26 heavy (non-hydrogen) atoms. The van der Waals surface area contributed by atoms with Crippen molar-refractivity contribution in [3.8, 4) is 11.5 Å². The lowest BCUT2D eigenvalue weighted by Crippen LogP contribution is -2.31. The molecule has 0 bridgehead atoms. The molecule has 0 spiro atoms. The summed E-state index contributed by atoms with van der Waals surface area (Å²) < 4.78 is 11.7. The minimum Gasteiger partial charge on any atom is -0.490 e. The third-order valence-corrected chi connectivity index (χ3v) is 4.42. The average Bonchev–Trinajstić information content (AvgIpc) is 2.62. The van der Waals surface area contributed by atoms with Crippen molar-refractivity contribution >= 4 is 11.6 Å². The number of hydrogen-bond donors (Lipinski definition) is 2. The SMILES string of the molecule is CCOc1cc(CNC(CC)CO)cc(Cl)c1OCc1cccc(C)c1. The van der Waals surface area contributed by atoms with Crippen LogP contribution in [0.25, 0.3) is 0 Å². The van der Waals surface area contributed by atoms with E-state index in [-0.39, 0.29) is 12.6 Å². The Bertz CT molecular complexity index is 702. The molecule has 2 aromatic rings. The van der Waals surface area contributed by atoms with Gasteiger partial charge in [-0.25, -0.2) is 0 Å². The van der Waals surface area contributed by atoms with Gasteiger partial charge in [-0.05, 0) is 43.5 Å². The van der Waals surface area contributed by atoms with E-state index in [1.807, 2.05) is 38.1 Å². The maximum Gasteiger partial charge on any atom is 0.180 e. The lowest BCUT2D eigenvalue weighted by Gasteiger charge is -2.17. The largest absolute Gasteiger partial charge is 0.490 e. The zero-order chi connectivity index (χ0) is 18.9. The number of aliphatic hydroxyl groups is 1. The first kappa shape index (κ1) is 20.6. The highest BCUT2D eigenvalue weighted by atomic mass is 35.5. The van der Waals surface area contributed by atoms with Crippen LogP contribution in [0, 0.1) is 6.92 Å². The monoisotopic (exact) mass is 377 g/mol. The maximum atomic E-state index is 9.31. The number of ether oxygens (including phenoxy) is 2. The molecule has 0 aliphatic carbocycles. The molecule has 0 aromatic heterocycles. The van der Waals surface area contributed by atoms with E-state index >= 15 is 0 Å². The smallest absolute Gasteiger partial charge is 0.180 e. The van der Waals surface area contributed by atoms with Gasteiger partial charge in [0.1, 0.15) is 6.61 Å². The van der Waals surface area contributed by atoms with Gasteiger partial charge in [0.25, 0.3) is 0 Å². The molecule has 2 N–H and O–H groups in total. The molecule has 5 heteroatoms. The van der Waals surface area contributed by atoms with E-state index in [2.05, 4.69) is 24.4 Å². The molecule has 0 heterocycles. The molecule has 0 saturated carbocycles. The van der Waals surface area contributed by atoms with Gasteiger partial charge in [0.15, 0.2) is 11.5 Å². The van der Waals surface area contributed by atoms with Gasteiger partial charge in [-0.1, -0.05) is 48.4 Å². The van der Waals surface area contributed by atoms with Crippen LogP contribution in [0.3, 0.4) is 0 Å².